The predicted molar refractivity (Wildman–Crippen MR) is 116 cm³/mol. The molecule has 0 amide bonds. The van der Waals surface area contributed by atoms with Crippen molar-refractivity contribution in [2.24, 2.45) is 5.41 Å². The molecule has 1 aliphatic carbocycles. The monoisotopic (exact) mass is 374 g/mol. The molecule has 0 N–H and O–H groups in total. The van der Waals surface area contributed by atoms with Crippen molar-refractivity contribution < 1.29 is 9.59 Å². The van der Waals surface area contributed by atoms with E-state index in [1.807, 2.05) is 0 Å². The molecule has 154 valence electrons. The van der Waals surface area contributed by atoms with E-state index < -0.39 is 0 Å². The summed E-state index contributed by atoms with van der Waals surface area (Å²) in [6.07, 6.45) is 25.3. The topological polar surface area (TPSA) is 34.1 Å². The van der Waals surface area contributed by atoms with Crippen molar-refractivity contribution in [3.63, 3.8) is 0 Å². The number of hydrogen-bond donors (Lipinski definition) is 0. The molecule has 0 radical (unpaired) electrons. The third kappa shape index (κ3) is 11.3. The summed E-state index contributed by atoms with van der Waals surface area (Å²) in [5.74, 6) is 0.373. The fourth-order valence-corrected chi connectivity index (χ4v) is 4.01. The summed E-state index contributed by atoms with van der Waals surface area (Å²) >= 11 is 0. The fourth-order valence-electron chi connectivity index (χ4n) is 4.01. The van der Waals surface area contributed by atoms with E-state index in [-0.39, 0.29) is 5.41 Å². The van der Waals surface area contributed by atoms with Crippen molar-refractivity contribution in [2.75, 3.05) is 0 Å². The first-order valence-electron chi connectivity index (χ1n) is 11.4. The van der Waals surface area contributed by atoms with Crippen LogP contribution in [0.1, 0.15) is 117 Å². The normalized spacial score (nSPS) is 20.0. The molecule has 0 aliphatic heterocycles. The van der Waals surface area contributed by atoms with Crippen LogP contribution in [-0.4, -0.2) is 12.1 Å². The van der Waals surface area contributed by atoms with Crippen LogP contribution in [0, 0.1) is 5.41 Å². The third-order valence-corrected chi connectivity index (χ3v) is 5.92. The van der Waals surface area contributed by atoms with Gasteiger partial charge in [-0.3, -0.25) is 4.79 Å². The number of Topliss-reactive ketones (excluding diaryl/α,β-unsaturated/α-hetero) is 1. The zero-order valence-electron chi connectivity index (χ0n) is 17.9. The summed E-state index contributed by atoms with van der Waals surface area (Å²) in [5, 5.41) is 0. The lowest BCUT2D eigenvalue weighted by Crippen LogP contribution is -2.23. The summed E-state index contributed by atoms with van der Waals surface area (Å²) in [4.78, 5) is 23.6. The molecular formula is C25H42O2. The van der Waals surface area contributed by atoms with Crippen LogP contribution < -0.4 is 0 Å². The Balaban J connectivity index is 2.09. The first kappa shape index (κ1) is 23.9. The number of aldehydes is 1. The second-order valence-electron chi connectivity index (χ2n) is 8.58. The van der Waals surface area contributed by atoms with Crippen LogP contribution in [0.5, 0.6) is 0 Å². The minimum atomic E-state index is -0.161. The van der Waals surface area contributed by atoms with E-state index >= 15 is 0 Å². The minimum absolute atomic E-state index is 0.161. The summed E-state index contributed by atoms with van der Waals surface area (Å²) in [5.41, 5.74) is 1.01. The molecule has 0 aromatic heterocycles. The molecule has 0 saturated carbocycles. The second kappa shape index (κ2) is 14.8. The van der Waals surface area contributed by atoms with Gasteiger partial charge < -0.3 is 4.79 Å². The molecule has 0 heterocycles. The number of allylic oxidation sites excluding steroid dienone is 4. The Bertz CT molecular complexity index is 475. The van der Waals surface area contributed by atoms with Gasteiger partial charge in [0.2, 0.25) is 0 Å². The minimum Gasteiger partial charge on any atom is -0.303 e. The molecule has 27 heavy (non-hydrogen) atoms. The molecular weight excluding hydrogens is 332 g/mol. The maximum Gasteiger partial charge on any atom is 0.136 e. The second-order valence-corrected chi connectivity index (χ2v) is 8.58. The Morgan fingerprint density at radius 3 is 2.26 bits per heavy atom. The lowest BCUT2D eigenvalue weighted by molar-refractivity contribution is -0.118. The quantitative estimate of drug-likeness (QED) is 0.159. The van der Waals surface area contributed by atoms with Crippen molar-refractivity contribution in [3.8, 4) is 0 Å². The van der Waals surface area contributed by atoms with Crippen LogP contribution in [0.4, 0.5) is 0 Å². The van der Waals surface area contributed by atoms with Crippen molar-refractivity contribution in [3.05, 3.63) is 23.8 Å². The van der Waals surface area contributed by atoms with Crippen LogP contribution in [-0.2, 0) is 9.59 Å². The SMILES string of the molecule is CCCCCCCCCCCC(=O)CC(C)=CCCC1(C=O)CC=CCC1. The average Bonchev–Trinajstić information content (AvgIpc) is 2.67. The highest BCUT2D eigenvalue weighted by Crippen LogP contribution is 2.35. The van der Waals surface area contributed by atoms with Gasteiger partial charge in [-0.2, -0.15) is 0 Å². The van der Waals surface area contributed by atoms with Crippen LogP contribution in [0.3, 0.4) is 0 Å². The number of hydrogen-bond acceptors (Lipinski definition) is 2. The van der Waals surface area contributed by atoms with Crippen molar-refractivity contribution in [1.29, 1.82) is 0 Å². The Hall–Kier alpha value is -1.18. The Morgan fingerprint density at radius 1 is 1.00 bits per heavy atom. The lowest BCUT2D eigenvalue weighted by atomic mass is 9.75. The van der Waals surface area contributed by atoms with E-state index in [1.165, 1.54) is 56.9 Å². The van der Waals surface area contributed by atoms with Crippen molar-refractivity contribution in [2.45, 2.75) is 117 Å². The number of unbranched alkanes of at least 4 members (excludes halogenated alkanes) is 8. The van der Waals surface area contributed by atoms with Gasteiger partial charge in [0.15, 0.2) is 0 Å². The first-order valence-corrected chi connectivity index (χ1v) is 11.4. The smallest absolute Gasteiger partial charge is 0.136 e. The van der Waals surface area contributed by atoms with Crippen molar-refractivity contribution in [1.82, 2.24) is 0 Å². The first-order chi connectivity index (χ1) is 13.1. The summed E-state index contributed by atoms with van der Waals surface area (Å²) in [6.45, 7) is 4.31. The van der Waals surface area contributed by atoms with Gasteiger partial charge >= 0.3 is 0 Å². The largest absolute Gasteiger partial charge is 0.303 e. The molecule has 0 spiro atoms. The van der Waals surface area contributed by atoms with E-state index in [4.69, 9.17) is 0 Å². The molecule has 0 fully saturated rings. The van der Waals surface area contributed by atoms with Gasteiger partial charge in [0, 0.05) is 18.3 Å². The van der Waals surface area contributed by atoms with Gasteiger partial charge in [-0.05, 0) is 45.4 Å². The molecule has 0 saturated heterocycles. The standard InChI is InChI=1S/C25H42O2/c1-3-4-5-6-7-8-9-10-12-17-24(27)21-23(2)16-15-20-25(22-26)18-13-11-14-19-25/h11,13,16,22H,3-10,12,14-15,17-21H2,1-2H3. The molecule has 2 heteroatoms. The maximum absolute atomic E-state index is 12.1. The van der Waals surface area contributed by atoms with E-state index in [1.54, 1.807) is 0 Å². The Kier molecular flexibility index (Phi) is 13.1. The number of rotatable bonds is 16. The van der Waals surface area contributed by atoms with E-state index in [0.29, 0.717) is 12.2 Å². The molecule has 1 atom stereocenters. The number of ketones is 1. The molecule has 0 bridgehead atoms. The predicted octanol–water partition coefficient (Wildman–Crippen LogP) is 7.52. The number of carbonyl (C=O) groups excluding carboxylic acids is 2. The highest BCUT2D eigenvalue weighted by molar-refractivity contribution is 5.80. The van der Waals surface area contributed by atoms with E-state index in [9.17, 15) is 9.59 Å². The van der Waals surface area contributed by atoms with Gasteiger partial charge in [0.05, 0.1) is 0 Å². The van der Waals surface area contributed by atoms with Gasteiger partial charge in [-0.15, -0.1) is 0 Å². The highest BCUT2D eigenvalue weighted by Gasteiger charge is 2.28. The molecule has 0 aromatic carbocycles. The Morgan fingerprint density at radius 2 is 1.67 bits per heavy atom. The molecule has 0 aromatic rings. The van der Waals surface area contributed by atoms with Crippen LogP contribution in [0.25, 0.3) is 0 Å². The summed E-state index contributed by atoms with van der Waals surface area (Å²) < 4.78 is 0. The highest BCUT2D eigenvalue weighted by atomic mass is 16.1. The third-order valence-electron chi connectivity index (χ3n) is 5.92. The van der Waals surface area contributed by atoms with Gasteiger partial charge in [-0.1, -0.05) is 82.1 Å². The zero-order valence-corrected chi connectivity index (χ0v) is 17.9. The van der Waals surface area contributed by atoms with E-state index in [2.05, 4.69) is 32.1 Å². The van der Waals surface area contributed by atoms with Crippen molar-refractivity contribution >= 4 is 12.1 Å². The fraction of sp³-hybridized carbons (Fsp3) is 0.760. The lowest BCUT2D eigenvalue weighted by Gasteiger charge is -2.28. The van der Waals surface area contributed by atoms with Gasteiger partial charge in [0.1, 0.15) is 12.1 Å². The van der Waals surface area contributed by atoms with Gasteiger partial charge in [-0.25, -0.2) is 0 Å². The summed E-state index contributed by atoms with van der Waals surface area (Å²) in [6, 6.07) is 0. The maximum atomic E-state index is 12.1. The van der Waals surface area contributed by atoms with Crippen LogP contribution in [0.15, 0.2) is 23.8 Å². The van der Waals surface area contributed by atoms with Crippen LogP contribution >= 0.6 is 0 Å². The Labute approximate surface area is 167 Å². The molecule has 2 nitrogen and oxygen atoms in total. The zero-order chi connectivity index (χ0) is 19.8. The van der Waals surface area contributed by atoms with E-state index in [0.717, 1.165) is 51.2 Å². The average molecular weight is 375 g/mol. The molecule has 1 rings (SSSR count). The molecule has 1 aliphatic rings. The van der Waals surface area contributed by atoms with Crippen LogP contribution in [0.2, 0.25) is 0 Å². The van der Waals surface area contributed by atoms with Gasteiger partial charge in [0.25, 0.3) is 0 Å². The molecule has 1 unspecified atom stereocenters. The summed E-state index contributed by atoms with van der Waals surface area (Å²) in [7, 11) is 0. The number of carbonyl (C=O) groups is 2.